The summed E-state index contributed by atoms with van der Waals surface area (Å²) in [5, 5.41) is -0.723. The van der Waals surface area contributed by atoms with Crippen LogP contribution in [0.1, 0.15) is 18.5 Å². The second kappa shape index (κ2) is 4.28. The molecule has 15 heavy (non-hydrogen) atoms. The summed E-state index contributed by atoms with van der Waals surface area (Å²) in [5.41, 5.74) is 6.24. The first-order valence-electron chi connectivity index (χ1n) is 4.52. The normalized spacial score (nSPS) is 16.0. The van der Waals surface area contributed by atoms with Gasteiger partial charge in [0.15, 0.2) is 9.84 Å². The molecule has 0 saturated heterocycles. The maximum Gasteiger partial charge on any atom is 0.151 e. The Morgan fingerprint density at radius 3 is 2.47 bits per heavy atom. The lowest BCUT2D eigenvalue weighted by Crippen LogP contribution is -2.30. The van der Waals surface area contributed by atoms with Crippen LogP contribution >= 0.6 is 0 Å². The molecule has 5 heteroatoms. The molecule has 0 aliphatic heterocycles. The van der Waals surface area contributed by atoms with Crippen molar-refractivity contribution in [2.24, 2.45) is 5.73 Å². The van der Waals surface area contributed by atoms with Gasteiger partial charge in [0.1, 0.15) is 5.82 Å². The number of nitrogens with two attached hydrogens (primary N) is 1. The molecule has 84 valence electrons. The van der Waals surface area contributed by atoms with Crippen molar-refractivity contribution in [3.8, 4) is 0 Å². The number of hydrogen-bond donors (Lipinski definition) is 1. The molecule has 2 N–H and O–H groups in total. The highest BCUT2D eigenvalue weighted by Gasteiger charge is 2.24. The van der Waals surface area contributed by atoms with Crippen LogP contribution in [0.5, 0.6) is 0 Å². The second-order valence-corrected chi connectivity index (χ2v) is 6.02. The molecular formula is C10H14FNO2S. The fraction of sp³-hybridized carbons (Fsp3) is 0.400. The predicted molar refractivity (Wildman–Crippen MR) is 57.6 cm³/mol. The van der Waals surface area contributed by atoms with E-state index in [1.165, 1.54) is 25.1 Å². The van der Waals surface area contributed by atoms with Gasteiger partial charge in [-0.25, -0.2) is 12.8 Å². The van der Waals surface area contributed by atoms with Crippen LogP contribution in [0, 0.1) is 5.82 Å². The summed E-state index contributed by atoms with van der Waals surface area (Å²) in [6.45, 7) is 1.52. The Hall–Kier alpha value is -0.940. The van der Waals surface area contributed by atoms with Crippen LogP contribution in [-0.4, -0.2) is 19.9 Å². The smallest absolute Gasteiger partial charge is 0.151 e. The number of rotatable bonds is 3. The molecule has 0 amide bonds. The van der Waals surface area contributed by atoms with E-state index in [9.17, 15) is 12.8 Å². The highest BCUT2D eigenvalue weighted by atomic mass is 32.2. The van der Waals surface area contributed by atoms with E-state index >= 15 is 0 Å². The zero-order chi connectivity index (χ0) is 11.6. The van der Waals surface area contributed by atoms with E-state index in [4.69, 9.17) is 5.73 Å². The van der Waals surface area contributed by atoms with Crippen molar-refractivity contribution in [1.29, 1.82) is 0 Å². The third kappa shape index (κ3) is 3.00. The Bertz CT molecular complexity index is 444. The summed E-state index contributed by atoms with van der Waals surface area (Å²) >= 11 is 0. The largest absolute Gasteiger partial charge is 0.323 e. The first kappa shape index (κ1) is 12.1. The SMILES string of the molecule is CC(C(N)c1cccc(F)c1)S(C)(=O)=O. The van der Waals surface area contributed by atoms with E-state index in [1.54, 1.807) is 6.07 Å². The Morgan fingerprint density at radius 2 is 2.00 bits per heavy atom. The van der Waals surface area contributed by atoms with Crippen LogP contribution in [0.15, 0.2) is 24.3 Å². The Balaban J connectivity index is 3.00. The fourth-order valence-electron chi connectivity index (χ4n) is 1.25. The molecule has 0 aliphatic rings. The molecule has 0 fully saturated rings. The van der Waals surface area contributed by atoms with E-state index in [0.29, 0.717) is 5.56 Å². The lowest BCUT2D eigenvalue weighted by Gasteiger charge is -2.18. The van der Waals surface area contributed by atoms with Gasteiger partial charge in [-0.15, -0.1) is 0 Å². The Kier molecular flexibility index (Phi) is 3.46. The molecule has 0 bridgehead atoms. The van der Waals surface area contributed by atoms with E-state index in [2.05, 4.69) is 0 Å². The van der Waals surface area contributed by atoms with E-state index in [0.717, 1.165) is 6.26 Å². The summed E-state index contributed by atoms with van der Waals surface area (Å²) in [6, 6.07) is 4.98. The molecule has 1 aromatic carbocycles. The van der Waals surface area contributed by atoms with Gasteiger partial charge in [0.25, 0.3) is 0 Å². The van der Waals surface area contributed by atoms with Gasteiger partial charge in [-0.2, -0.15) is 0 Å². The predicted octanol–water partition coefficient (Wildman–Crippen LogP) is 1.26. The maximum atomic E-state index is 12.9. The molecule has 0 radical (unpaired) electrons. The molecule has 0 heterocycles. The summed E-state index contributed by atoms with van der Waals surface area (Å²) < 4.78 is 35.4. The minimum Gasteiger partial charge on any atom is -0.323 e. The number of sulfone groups is 1. The van der Waals surface area contributed by atoms with Gasteiger partial charge < -0.3 is 5.73 Å². The van der Waals surface area contributed by atoms with E-state index in [-0.39, 0.29) is 0 Å². The van der Waals surface area contributed by atoms with Crippen molar-refractivity contribution in [1.82, 2.24) is 0 Å². The lowest BCUT2D eigenvalue weighted by molar-refractivity contribution is 0.568. The quantitative estimate of drug-likeness (QED) is 0.852. The van der Waals surface area contributed by atoms with Gasteiger partial charge in [-0.05, 0) is 24.6 Å². The Morgan fingerprint density at radius 1 is 1.40 bits per heavy atom. The van der Waals surface area contributed by atoms with Gasteiger partial charge in [-0.3, -0.25) is 0 Å². The van der Waals surface area contributed by atoms with E-state index in [1.807, 2.05) is 0 Å². The third-order valence-electron chi connectivity index (χ3n) is 2.41. The van der Waals surface area contributed by atoms with Crippen LogP contribution in [-0.2, 0) is 9.84 Å². The van der Waals surface area contributed by atoms with Crippen molar-refractivity contribution in [3.63, 3.8) is 0 Å². The van der Waals surface area contributed by atoms with Crippen molar-refractivity contribution < 1.29 is 12.8 Å². The van der Waals surface area contributed by atoms with Gasteiger partial charge in [-0.1, -0.05) is 12.1 Å². The van der Waals surface area contributed by atoms with Crippen LogP contribution in [0.2, 0.25) is 0 Å². The van der Waals surface area contributed by atoms with Crippen molar-refractivity contribution in [3.05, 3.63) is 35.6 Å². The molecule has 0 spiro atoms. The first-order chi connectivity index (χ1) is 6.82. The molecule has 0 aromatic heterocycles. The summed E-state index contributed by atoms with van der Waals surface area (Å²) in [7, 11) is -3.21. The van der Waals surface area contributed by atoms with Crippen molar-refractivity contribution >= 4 is 9.84 Å². The molecule has 2 unspecified atom stereocenters. The summed E-state index contributed by atoms with van der Waals surface area (Å²) in [5.74, 6) is -0.413. The average Bonchev–Trinajstić information content (AvgIpc) is 2.14. The topological polar surface area (TPSA) is 60.2 Å². The van der Waals surface area contributed by atoms with Crippen molar-refractivity contribution in [2.75, 3.05) is 6.26 Å². The van der Waals surface area contributed by atoms with Gasteiger partial charge >= 0.3 is 0 Å². The minimum atomic E-state index is -3.21. The molecule has 0 aliphatic carbocycles. The maximum absolute atomic E-state index is 12.9. The summed E-state index contributed by atoms with van der Waals surface area (Å²) in [4.78, 5) is 0. The standard InChI is InChI=1S/C10H14FNO2S/c1-7(15(2,13)14)10(12)8-4-3-5-9(11)6-8/h3-7,10H,12H2,1-2H3. The number of halogens is 1. The highest BCUT2D eigenvalue weighted by Crippen LogP contribution is 2.19. The monoisotopic (exact) mass is 231 g/mol. The van der Waals surface area contributed by atoms with E-state index < -0.39 is 26.9 Å². The average molecular weight is 231 g/mol. The molecule has 0 saturated carbocycles. The summed E-state index contributed by atoms with van der Waals surface area (Å²) in [6.07, 6.45) is 1.12. The third-order valence-corrected chi connectivity index (χ3v) is 4.06. The zero-order valence-electron chi connectivity index (χ0n) is 8.64. The molecule has 3 nitrogen and oxygen atoms in total. The first-order valence-corrected chi connectivity index (χ1v) is 6.47. The minimum absolute atomic E-state index is 0.413. The number of benzene rings is 1. The molecular weight excluding hydrogens is 217 g/mol. The van der Waals surface area contributed by atoms with Crippen LogP contribution < -0.4 is 5.73 Å². The number of hydrogen-bond acceptors (Lipinski definition) is 3. The zero-order valence-corrected chi connectivity index (χ0v) is 9.46. The molecule has 2 atom stereocenters. The van der Waals surface area contributed by atoms with Crippen molar-refractivity contribution in [2.45, 2.75) is 18.2 Å². The lowest BCUT2D eigenvalue weighted by atomic mass is 10.1. The molecule has 1 rings (SSSR count). The van der Waals surface area contributed by atoms with Crippen LogP contribution in [0.25, 0.3) is 0 Å². The highest BCUT2D eigenvalue weighted by molar-refractivity contribution is 7.91. The van der Waals surface area contributed by atoms with Gasteiger partial charge in [0.05, 0.1) is 5.25 Å². The Labute approximate surface area is 89.0 Å². The fourth-order valence-corrected chi connectivity index (χ4v) is 1.94. The van der Waals surface area contributed by atoms with Gasteiger partial charge in [0.2, 0.25) is 0 Å². The second-order valence-electron chi connectivity index (χ2n) is 3.62. The van der Waals surface area contributed by atoms with Gasteiger partial charge in [0, 0.05) is 12.3 Å². The van der Waals surface area contributed by atoms with Crippen LogP contribution in [0.4, 0.5) is 4.39 Å². The molecule has 1 aromatic rings. The van der Waals surface area contributed by atoms with Crippen LogP contribution in [0.3, 0.4) is 0 Å².